The quantitative estimate of drug-likeness (QED) is 0.885. The standard InChI is InChI=1S/C16H21FN2/c1-13(2)19(16-9-6-7-14(17)11-16)12-15-8-4-3-5-10-18-15/h5-11,13,18H,3-4,12H2,1-2H3. The zero-order valence-electron chi connectivity index (χ0n) is 11.6. The summed E-state index contributed by atoms with van der Waals surface area (Å²) in [6, 6.07) is 7.10. The van der Waals surface area contributed by atoms with Crippen LogP contribution < -0.4 is 10.2 Å². The van der Waals surface area contributed by atoms with Gasteiger partial charge in [0.25, 0.3) is 0 Å². The Morgan fingerprint density at radius 1 is 1.32 bits per heavy atom. The molecule has 0 aromatic heterocycles. The Morgan fingerprint density at radius 3 is 2.89 bits per heavy atom. The van der Waals surface area contributed by atoms with Gasteiger partial charge in [0, 0.05) is 17.4 Å². The molecule has 0 saturated heterocycles. The smallest absolute Gasteiger partial charge is 0.125 e. The Morgan fingerprint density at radius 2 is 2.16 bits per heavy atom. The molecule has 0 aliphatic carbocycles. The first-order valence-electron chi connectivity index (χ1n) is 6.79. The van der Waals surface area contributed by atoms with Gasteiger partial charge < -0.3 is 10.2 Å². The van der Waals surface area contributed by atoms with Crippen LogP contribution in [0.15, 0.2) is 48.3 Å². The van der Waals surface area contributed by atoms with Crippen LogP contribution in [-0.4, -0.2) is 12.6 Å². The lowest BCUT2D eigenvalue weighted by molar-refractivity contribution is 0.623. The summed E-state index contributed by atoms with van der Waals surface area (Å²) in [7, 11) is 0. The first-order chi connectivity index (χ1) is 9.16. The summed E-state index contributed by atoms with van der Waals surface area (Å²) in [5.41, 5.74) is 2.10. The van der Waals surface area contributed by atoms with Crippen LogP contribution in [0.3, 0.4) is 0 Å². The van der Waals surface area contributed by atoms with Crippen LogP contribution in [0.5, 0.6) is 0 Å². The number of hydrogen-bond acceptors (Lipinski definition) is 2. The lowest BCUT2D eigenvalue weighted by Gasteiger charge is -2.30. The molecule has 0 saturated carbocycles. The maximum Gasteiger partial charge on any atom is 0.125 e. The van der Waals surface area contributed by atoms with Gasteiger partial charge in [-0.3, -0.25) is 0 Å². The van der Waals surface area contributed by atoms with Gasteiger partial charge in [0.2, 0.25) is 0 Å². The van der Waals surface area contributed by atoms with Crippen molar-refractivity contribution in [2.45, 2.75) is 32.7 Å². The van der Waals surface area contributed by atoms with Gasteiger partial charge >= 0.3 is 0 Å². The van der Waals surface area contributed by atoms with E-state index in [2.05, 4.69) is 36.2 Å². The van der Waals surface area contributed by atoms with E-state index in [9.17, 15) is 4.39 Å². The minimum absolute atomic E-state index is 0.189. The molecule has 1 N–H and O–H groups in total. The molecule has 1 aromatic carbocycles. The highest BCUT2D eigenvalue weighted by molar-refractivity contribution is 5.48. The van der Waals surface area contributed by atoms with Gasteiger partial charge in [-0.25, -0.2) is 4.39 Å². The van der Waals surface area contributed by atoms with E-state index in [0.717, 1.165) is 25.1 Å². The van der Waals surface area contributed by atoms with E-state index in [1.54, 1.807) is 12.1 Å². The number of allylic oxidation sites excluding steroid dienone is 2. The van der Waals surface area contributed by atoms with Crippen LogP contribution >= 0.6 is 0 Å². The highest BCUT2D eigenvalue weighted by Gasteiger charge is 2.13. The van der Waals surface area contributed by atoms with Crippen LogP contribution in [-0.2, 0) is 0 Å². The lowest BCUT2D eigenvalue weighted by atomic mass is 10.2. The summed E-state index contributed by atoms with van der Waals surface area (Å²) in [5, 5.41) is 3.30. The second-order valence-corrected chi connectivity index (χ2v) is 5.05. The minimum atomic E-state index is -0.189. The van der Waals surface area contributed by atoms with Crippen molar-refractivity contribution in [2.24, 2.45) is 0 Å². The minimum Gasteiger partial charge on any atom is -0.364 e. The summed E-state index contributed by atoms with van der Waals surface area (Å²) in [4.78, 5) is 2.20. The predicted molar refractivity (Wildman–Crippen MR) is 78.5 cm³/mol. The topological polar surface area (TPSA) is 15.3 Å². The van der Waals surface area contributed by atoms with E-state index in [1.807, 2.05) is 12.3 Å². The van der Waals surface area contributed by atoms with Gasteiger partial charge in [0.05, 0.1) is 6.54 Å². The molecule has 0 fully saturated rings. The predicted octanol–water partition coefficient (Wildman–Crippen LogP) is 3.82. The Bertz CT molecular complexity index is 477. The van der Waals surface area contributed by atoms with Crippen molar-refractivity contribution in [2.75, 3.05) is 11.4 Å². The van der Waals surface area contributed by atoms with Gasteiger partial charge in [-0.2, -0.15) is 0 Å². The van der Waals surface area contributed by atoms with Gasteiger partial charge in [0.1, 0.15) is 5.82 Å². The molecule has 0 radical (unpaired) electrons. The first-order valence-corrected chi connectivity index (χ1v) is 6.79. The first kappa shape index (κ1) is 13.7. The van der Waals surface area contributed by atoms with E-state index < -0.39 is 0 Å². The third kappa shape index (κ3) is 3.85. The van der Waals surface area contributed by atoms with E-state index in [-0.39, 0.29) is 5.82 Å². The lowest BCUT2D eigenvalue weighted by Crippen LogP contribution is -2.34. The number of halogens is 1. The molecule has 2 nitrogen and oxygen atoms in total. The number of nitrogens with one attached hydrogen (secondary N) is 1. The number of nitrogens with zero attached hydrogens (tertiary/aromatic N) is 1. The molecule has 102 valence electrons. The maximum absolute atomic E-state index is 13.4. The van der Waals surface area contributed by atoms with E-state index in [1.165, 1.54) is 11.8 Å². The summed E-state index contributed by atoms with van der Waals surface area (Å²) < 4.78 is 13.4. The van der Waals surface area contributed by atoms with Gasteiger partial charge in [-0.05, 0) is 51.1 Å². The molecule has 0 atom stereocenters. The van der Waals surface area contributed by atoms with Crippen molar-refractivity contribution in [1.82, 2.24) is 5.32 Å². The summed E-state index contributed by atoms with van der Waals surface area (Å²) in [6.07, 6.45) is 8.45. The van der Waals surface area contributed by atoms with Gasteiger partial charge in [0.15, 0.2) is 0 Å². The number of rotatable bonds is 4. The van der Waals surface area contributed by atoms with Crippen molar-refractivity contribution in [3.63, 3.8) is 0 Å². The molecule has 1 aliphatic rings. The van der Waals surface area contributed by atoms with Crippen molar-refractivity contribution < 1.29 is 4.39 Å². The zero-order valence-corrected chi connectivity index (χ0v) is 11.6. The van der Waals surface area contributed by atoms with Crippen LogP contribution in [0.4, 0.5) is 10.1 Å². The molecule has 1 aromatic rings. The fourth-order valence-corrected chi connectivity index (χ4v) is 2.18. The Kier molecular flexibility index (Phi) is 4.61. The van der Waals surface area contributed by atoms with Crippen molar-refractivity contribution in [1.29, 1.82) is 0 Å². The summed E-state index contributed by atoms with van der Waals surface area (Å²) in [5.74, 6) is -0.189. The highest BCUT2D eigenvalue weighted by atomic mass is 19.1. The van der Waals surface area contributed by atoms with Crippen LogP contribution in [0, 0.1) is 5.82 Å². The van der Waals surface area contributed by atoms with Crippen molar-refractivity contribution in [3.05, 3.63) is 54.1 Å². The molecule has 1 heterocycles. The molecule has 0 bridgehead atoms. The molecule has 0 amide bonds. The summed E-state index contributed by atoms with van der Waals surface area (Å²) in [6.45, 7) is 5.02. The second-order valence-electron chi connectivity index (χ2n) is 5.05. The molecular formula is C16H21FN2. The Hall–Kier alpha value is -1.77. The monoisotopic (exact) mass is 260 g/mol. The zero-order chi connectivity index (χ0) is 13.7. The van der Waals surface area contributed by atoms with Crippen LogP contribution in [0.25, 0.3) is 0 Å². The Balaban J connectivity index is 2.16. The van der Waals surface area contributed by atoms with Crippen molar-refractivity contribution >= 4 is 5.69 Å². The fourth-order valence-electron chi connectivity index (χ4n) is 2.18. The molecule has 0 spiro atoms. The second kappa shape index (κ2) is 6.41. The van der Waals surface area contributed by atoms with Crippen LogP contribution in [0.1, 0.15) is 26.7 Å². The number of anilines is 1. The Labute approximate surface area is 114 Å². The van der Waals surface area contributed by atoms with Gasteiger partial charge in [-0.15, -0.1) is 0 Å². The maximum atomic E-state index is 13.4. The average Bonchev–Trinajstić information content (AvgIpc) is 2.64. The van der Waals surface area contributed by atoms with E-state index in [4.69, 9.17) is 0 Å². The van der Waals surface area contributed by atoms with Gasteiger partial charge in [-0.1, -0.05) is 18.2 Å². The largest absolute Gasteiger partial charge is 0.364 e. The van der Waals surface area contributed by atoms with E-state index >= 15 is 0 Å². The SMILES string of the molecule is CC(C)N(CC1=CCCC=CN1)c1cccc(F)c1. The molecule has 1 aliphatic heterocycles. The average molecular weight is 260 g/mol. The van der Waals surface area contributed by atoms with Crippen molar-refractivity contribution in [3.8, 4) is 0 Å². The third-order valence-electron chi connectivity index (χ3n) is 3.21. The fraction of sp³-hybridized carbons (Fsp3) is 0.375. The molecule has 2 rings (SSSR count). The molecular weight excluding hydrogens is 239 g/mol. The normalized spacial score (nSPS) is 14.8. The molecule has 3 heteroatoms. The molecule has 19 heavy (non-hydrogen) atoms. The third-order valence-corrected chi connectivity index (χ3v) is 3.21. The highest BCUT2D eigenvalue weighted by Crippen LogP contribution is 2.19. The number of benzene rings is 1. The number of hydrogen-bond donors (Lipinski definition) is 1. The van der Waals surface area contributed by atoms with Crippen LogP contribution in [0.2, 0.25) is 0 Å². The molecule has 0 unspecified atom stereocenters. The van der Waals surface area contributed by atoms with E-state index in [0.29, 0.717) is 6.04 Å². The summed E-state index contributed by atoms with van der Waals surface area (Å²) >= 11 is 0.